The lowest BCUT2D eigenvalue weighted by atomic mass is 10.1. The number of carbonyl (C=O) groups excluding carboxylic acids is 1. The molecule has 1 amide bonds. The van der Waals surface area contributed by atoms with Gasteiger partial charge in [0.05, 0.1) is 11.3 Å². The maximum atomic E-state index is 13.0. The molecule has 0 aromatic heterocycles. The number of carboxylic acids is 1. The van der Waals surface area contributed by atoms with Crippen molar-refractivity contribution in [1.29, 1.82) is 0 Å². The molecule has 0 spiro atoms. The number of amides is 1. The maximum absolute atomic E-state index is 13.0. The van der Waals surface area contributed by atoms with E-state index in [1.165, 1.54) is 12.1 Å². The van der Waals surface area contributed by atoms with Crippen molar-refractivity contribution in [3.8, 4) is 0 Å². The lowest BCUT2D eigenvalue weighted by molar-refractivity contribution is -0.136. The minimum Gasteiger partial charge on any atom is -0.481 e. The predicted octanol–water partition coefficient (Wildman–Crippen LogP) is 3.60. The van der Waals surface area contributed by atoms with Crippen LogP contribution in [-0.4, -0.2) is 31.4 Å². The van der Waals surface area contributed by atoms with Crippen molar-refractivity contribution in [3.05, 3.63) is 94.5 Å². The molecule has 0 aliphatic carbocycles. The van der Waals surface area contributed by atoms with Crippen molar-refractivity contribution in [3.63, 3.8) is 0 Å². The minimum absolute atomic E-state index is 0.0459. The van der Waals surface area contributed by atoms with Gasteiger partial charge >= 0.3 is 5.97 Å². The van der Waals surface area contributed by atoms with Gasteiger partial charge in [-0.1, -0.05) is 58.4 Å². The van der Waals surface area contributed by atoms with Crippen LogP contribution >= 0.6 is 15.9 Å². The summed E-state index contributed by atoms with van der Waals surface area (Å²) in [5, 5.41) is 11.6. The first-order valence-electron chi connectivity index (χ1n) is 9.66. The first kappa shape index (κ1) is 23.6. The molecular formula is C23H21BrN2O5S. The third-order valence-corrected chi connectivity index (χ3v) is 6.61. The van der Waals surface area contributed by atoms with Crippen LogP contribution in [0.15, 0.2) is 88.2 Å². The summed E-state index contributed by atoms with van der Waals surface area (Å²) in [6.45, 7) is 0. The van der Waals surface area contributed by atoms with Crippen LogP contribution in [-0.2, 0) is 32.5 Å². The second kappa shape index (κ2) is 10.5. The molecule has 3 aromatic rings. The van der Waals surface area contributed by atoms with Crippen LogP contribution in [0, 0.1) is 0 Å². The number of aliphatic carboxylic acids is 1. The lowest BCUT2D eigenvalue weighted by Gasteiger charge is -2.19. The molecule has 1 atom stereocenters. The highest BCUT2D eigenvalue weighted by Crippen LogP contribution is 2.17. The zero-order valence-corrected chi connectivity index (χ0v) is 19.3. The third-order valence-electron chi connectivity index (χ3n) is 4.60. The van der Waals surface area contributed by atoms with Gasteiger partial charge in [0.15, 0.2) is 0 Å². The van der Waals surface area contributed by atoms with E-state index in [9.17, 15) is 18.0 Å². The molecule has 3 rings (SSSR count). The van der Waals surface area contributed by atoms with E-state index < -0.39 is 27.9 Å². The molecule has 3 N–H and O–H groups in total. The maximum Gasteiger partial charge on any atom is 0.307 e. The van der Waals surface area contributed by atoms with Crippen LogP contribution in [0.5, 0.6) is 0 Å². The normalized spacial score (nSPS) is 12.2. The molecule has 7 nitrogen and oxygen atoms in total. The summed E-state index contributed by atoms with van der Waals surface area (Å²) in [5.74, 6) is -1.48. The number of halogens is 1. The summed E-state index contributed by atoms with van der Waals surface area (Å²) < 4.78 is 29.0. The molecule has 0 aliphatic heterocycles. The molecule has 0 heterocycles. The van der Waals surface area contributed by atoms with Crippen LogP contribution in [0.25, 0.3) is 0 Å². The Morgan fingerprint density at radius 3 is 2.09 bits per heavy atom. The predicted molar refractivity (Wildman–Crippen MR) is 125 cm³/mol. The second-order valence-electron chi connectivity index (χ2n) is 7.07. The summed E-state index contributed by atoms with van der Waals surface area (Å²) in [5.41, 5.74) is 1.82. The fraction of sp³-hybridized carbons (Fsp3) is 0.130. The summed E-state index contributed by atoms with van der Waals surface area (Å²) in [4.78, 5) is 23.9. The monoisotopic (exact) mass is 516 g/mol. The van der Waals surface area contributed by atoms with E-state index in [2.05, 4.69) is 26.0 Å². The van der Waals surface area contributed by atoms with E-state index in [-0.39, 0.29) is 17.7 Å². The Kier molecular flexibility index (Phi) is 7.79. The first-order chi connectivity index (χ1) is 15.2. The number of sulfonamides is 1. The molecule has 0 saturated carbocycles. The zero-order chi connectivity index (χ0) is 23.1. The Balaban J connectivity index is 1.81. The average Bonchev–Trinajstić information content (AvgIpc) is 2.75. The van der Waals surface area contributed by atoms with Gasteiger partial charge in [-0.3, -0.25) is 9.59 Å². The summed E-state index contributed by atoms with van der Waals surface area (Å²) in [6, 6.07) is 20.5. The number of benzene rings is 3. The van der Waals surface area contributed by atoms with Crippen LogP contribution < -0.4 is 10.0 Å². The molecule has 3 aromatic carbocycles. The standard InChI is InChI=1S/C23H21BrN2O5S/c24-18-8-12-20(13-9-18)32(30,31)26-21(14-16-4-2-1-3-5-16)23(29)25-19-10-6-17(7-11-19)15-22(27)28/h1-13,21,26H,14-15H2,(H,25,29)(H,27,28)/t21-/m1/s1. The Morgan fingerprint density at radius 2 is 1.50 bits per heavy atom. The highest BCUT2D eigenvalue weighted by molar-refractivity contribution is 9.10. The highest BCUT2D eigenvalue weighted by atomic mass is 79.9. The number of rotatable bonds is 9. The largest absolute Gasteiger partial charge is 0.481 e. The summed E-state index contributed by atoms with van der Waals surface area (Å²) in [7, 11) is -3.95. The number of hydrogen-bond donors (Lipinski definition) is 3. The highest BCUT2D eigenvalue weighted by Gasteiger charge is 2.26. The molecule has 0 unspecified atom stereocenters. The lowest BCUT2D eigenvalue weighted by Crippen LogP contribution is -2.45. The van der Waals surface area contributed by atoms with E-state index >= 15 is 0 Å². The van der Waals surface area contributed by atoms with Gasteiger partial charge in [-0.2, -0.15) is 4.72 Å². The SMILES string of the molecule is O=C(O)Cc1ccc(NC(=O)[C@@H](Cc2ccccc2)NS(=O)(=O)c2ccc(Br)cc2)cc1. The van der Waals surface area contributed by atoms with Crippen molar-refractivity contribution in [1.82, 2.24) is 4.72 Å². The zero-order valence-electron chi connectivity index (χ0n) is 16.9. The van der Waals surface area contributed by atoms with E-state index in [1.54, 1.807) is 36.4 Å². The van der Waals surface area contributed by atoms with Gasteiger partial charge < -0.3 is 10.4 Å². The first-order valence-corrected chi connectivity index (χ1v) is 11.9. The fourth-order valence-corrected chi connectivity index (χ4v) is 4.48. The molecular weight excluding hydrogens is 496 g/mol. The van der Waals surface area contributed by atoms with Crippen molar-refractivity contribution >= 4 is 43.5 Å². The molecule has 0 fully saturated rings. The quantitative estimate of drug-likeness (QED) is 0.402. The van der Waals surface area contributed by atoms with Gasteiger partial charge in [0.1, 0.15) is 6.04 Å². The molecule has 0 aliphatic rings. The van der Waals surface area contributed by atoms with E-state index in [1.807, 2.05) is 30.3 Å². The minimum atomic E-state index is -3.95. The van der Waals surface area contributed by atoms with Crippen LogP contribution in [0.3, 0.4) is 0 Å². The van der Waals surface area contributed by atoms with Gasteiger partial charge in [-0.15, -0.1) is 0 Å². The molecule has 0 saturated heterocycles. The summed E-state index contributed by atoms with van der Waals surface area (Å²) in [6.07, 6.45) is 0.0252. The Labute approximate surface area is 194 Å². The molecule has 0 radical (unpaired) electrons. The number of nitrogens with one attached hydrogen (secondary N) is 2. The molecule has 9 heteroatoms. The Bertz CT molecular complexity index is 1180. The van der Waals surface area contributed by atoms with E-state index in [0.29, 0.717) is 11.3 Å². The molecule has 166 valence electrons. The second-order valence-corrected chi connectivity index (χ2v) is 9.70. The van der Waals surface area contributed by atoms with Gasteiger partial charge in [0.2, 0.25) is 15.9 Å². The van der Waals surface area contributed by atoms with Gasteiger partial charge in [0, 0.05) is 10.2 Å². The van der Waals surface area contributed by atoms with Gasteiger partial charge in [-0.05, 0) is 53.9 Å². The molecule has 32 heavy (non-hydrogen) atoms. The summed E-state index contributed by atoms with van der Waals surface area (Å²) >= 11 is 3.27. The van der Waals surface area contributed by atoms with Crippen LogP contribution in [0.2, 0.25) is 0 Å². The van der Waals surface area contributed by atoms with Crippen molar-refractivity contribution < 1.29 is 23.1 Å². The average molecular weight is 517 g/mol. The van der Waals surface area contributed by atoms with Gasteiger partial charge in [0.25, 0.3) is 0 Å². The van der Waals surface area contributed by atoms with Gasteiger partial charge in [-0.25, -0.2) is 8.42 Å². The van der Waals surface area contributed by atoms with E-state index in [4.69, 9.17) is 5.11 Å². The van der Waals surface area contributed by atoms with Crippen molar-refractivity contribution in [2.24, 2.45) is 0 Å². The number of carboxylic acid groups (broad SMARTS) is 1. The smallest absolute Gasteiger partial charge is 0.307 e. The Hall–Kier alpha value is -3.01. The molecule has 0 bridgehead atoms. The van der Waals surface area contributed by atoms with Crippen molar-refractivity contribution in [2.75, 3.05) is 5.32 Å². The van der Waals surface area contributed by atoms with Crippen LogP contribution in [0.1, 0.15) is 11.1 Å². The number of carbonyl (C=O) groups is 2. The Morgan fingerprint density at radius 1 is 0.875 bits per heavy atom. The van der Waals surface area contributed by atoms with Crippen LogP contribution in [0.4, 0.5) is 5.69 Å². The number of anilines is 1. The fourth-order valence-electron chi connectivity index (χ4n) is 3.02. The topological polar surface area (TPSA) is 113 Å². The number of hydrogen-bond acceptors (Lipinski definition) is 4. The third kappa shape index (κ3) is 6.74. The van der Waals surface area contributed by atoms with Crippen molar-refractivity contribution in [2.45, 2.75) is 23.8 Å². The van der Waals surface area contributed by atoms with E-state index in [0.717, 1.165) is 10.0 Å².